The minimum atomic E-state index is -0.0871. The smallest absolute Gasteiger partial charge is 0.238 e. The second-order valence-corrected chi connectivity index (χ2v) is 2.25. The predicted octanol–water partition coefficient (Wildman–Crippen LogP) is 0.974. The number of H-pyrrole nitrogens is 1. The largest absolute Gasteiger partial charge is 0.506 e. The van der Waals surface area contributed by atoms with E-state index in [0.717, 1.165) is 0 Å². The van der Waals surface area contributed by atoms with E-state index in [0.29, 0.717) is 10.9 Å². The van der Waals surface area contributed by atoms with Gasteiger partial charge in [-0.2, -0.15) is 0 Å². The van der Waals surface area contributed by atoms with Crippen LogP contribution >= 0.6 is 0 Å². The van der Waals surface area contributed by atoms with Gasteiger partial charge >= 0.3 is 0 Å². The van der Waals surface area contributed by atoms with Crippen molar-refractivity contribution >= 4 is 10.9 Å². The van der Waals surface area contributed by atoms with Crippen molar-refractivity contribution in [1.29, 1.82) is 0 Å². The molecule has 3 N–H and O–H groups in total. The molecule has 1 heterocycles. The van der Waals surface area contributed by atoms with Crippen LogP contribution < -0.4 is 0 Å². The highest BCUT2D eigenvalue weighted by molar-refractivity contribution is 5.88. The molecule has 0 aliphatic rings. The van der Waals surface area contributed by atoms with E-state index in [2.05, 4.69) is 10.2 Å². The molecule has 0 fully saturated rings. The van der Waals surface area contributed by atoms with Crippen molar-refractivity contribution in [2.45, 2.75) is 0 Å². The van der Waals surface area contributed by atoms with Crippen molar-refractivity contribution < 1.29 is 10.2 Å². The maximum Gasteiger partial charge on any atom is 0.238 e. The maximum atomic E-state index is 9.20. The topological polar surface area (TPSA) is 69.1 Å². The third-order valence-corrected chi connectivity index (χ3v) is 1.56. The first-order valence-corrected chi connectivity index (χ1v) is 3.14. The molecule has 0 saturated carbocycles. The van der Waals surface area contributed by atoms with Gasteiger partial charge in [0.15, 0.2) is 0 Å². The van der Waals surface area contributed by atoms with Crippen LogP contribution in [0.1, 0.15) is 0 Å². The summed E-state index contributed by atoms with van der Waals surface area (Å²) in [5.74, 6) is 0.00574. The van der Waals surface area contributed by atoms with E-state index in [-0.39, 0.29) is 11.6 Å². The Balaban J connectivity index is 2.94. The molecule has 0 saturated heterocycles. The summed E-state index contributed by atoms with van der Waals surface area (Å²) < 4.78 is 0. The van der Waals surface area contributed by atoms with Crippen LogP contribution in [0.2, 0.25) is 0 Å². The van der Waals surface area contributed by atoms with Crippen LogP contribution in [0.4, 0.5) is 0 Å². The molecule has 11 heavy (non-hydrogen) atoms. The number of aromatic amines is 1. The molecule has 56 valence electrons. The van der Waals surface area contributed by atoms with E-state index < -0.39 is 0 Å². The van der Waals surface area contributed by atoms with Crippen LogP contribution in [0.15, 0.2) is 18.2 Å². The third kappa shape index (κ3) is 0.724. The molecule has 0 atom stereocenters. The quantitative estimate of drug-likeness (QED) is 0.524. The normalized spacial score (nSPS) is 10.5. The second-order valence-electron chi connectivity index (χ2n) is 2.25. The number of aromatic hydroxyl groups is 2. The Bertz CT molecular complexity index is 394. The van der Waals surface area contributed by atoms with E-state index in [1.165, 1.54) is 6.07 Å². The molecule has 2 aromatic rings. The zero-order valence-electron chi connectivity index (χ0n) is 5.57. The van der Waals surface area contributed by atoms with Crippen molar-refractivity contribution in [2.75, 3.05) is 0 Å². The highest BCUT2D eigenvalue weighted by Crippen LogP contribution is 2.27. The molecule has 4 heteroatoms. The molecule has 0 aliphatic heterocycles. The van der Waals surface area contributed by atoms with E-state index in [1.54, 1.807) is 12.1 Å². The lowest BCUT2D eigenvalue weighted by Crippen LogP contribution is -1.68. The van der Waals surface area contributed by atoms with Gasteiger partial charge in [0.25, 0.3) is 0 Å². The second kappa shape index (κ2) is 1.88. The molecule has 1 aromatic carbocycles. The Kier molecular flexibility index (Phi) is 1.03. The van der Waals surface area contributed by atoms with Gasteiger partial charge in [0, 0.05) is 0 Å². The Morgan fingerprint density at radius 1 is 1.27 bits per heavy atom. The monoisotopic (exact) mass is 150 g/mol. The maximum absolute atomic E-state index is 9.20. The van der Waals surface area contributed by atoms with Crippen LogP contribution in [0.3, 0.4) is 0 Å². The van der Waals surface area contributed by atoms with Gasteiger partial charge in [0.2, 0.25) is 5.88 Å². The minimum absolute atomic E-state index is 0.0871. The molecule has 0 amide bonds. The fourth-order valence-corrected chi connectivity index (χ4v) is 1.01. The van der Waals surface area contributed by atoms with Crippen LogP contribution in [0, 0.1) is 0 Å². The SMILES string of the molecule is Oc1n[nH]c2c(O)cccc12. The summed E-state index contributed by atoms with van der Waals surface area (Å²) in [6.45, 7) is 0. The number of aromatic nitrogens is 2. The van der Waals surface area contributed by atoms with E-state index in [1.807, 2.05) is 0 Å². The van der Waals surface area contributed by atoms with Crippen molar-refractivity contribution in [3.63, 3.8) is 0 Å². The summed E-state index contributed by atoms with van der Waals surface area (Å²) in [6, 6.07) is 4.85. The molecule has 2 rings (SSSR count). The zero-order chi connectivity index (χ0) is 7.84. The lowest BCUT2D eigenvalue weighted by Gasteiger charge is -1.90. The summed E-state index contributed by atoms with van der Waals surface area (Å²) in [5, 5.41) is 24.8. The molecular formula is C7H6N2O2. The molecule has 0 aliphatic carbocycles. The number of nitrogens with one attached hydrogen (secondary N) is 1. The van der Waals surface area contributed by atoms with Gasteiger partial charge in [-0.3, -0.25) is 5.10 Å². The van der Waals surface area contributed by atoms with Gasteiger partial charge in [-0.25, -0.2) is 0 Å². The fraction of sp³-hybridized carbons (Fsp3) is 0. The molecule has 0 radical (unpaired) electrons. The predicted molar refractivity (Wildman–Crippen MR) is 39.4 cm³/mol. The number of phenols is 1. The average molecular weight is 150 g/mol. The Morgan fingerprint density at radius 2 is 2.09 bits per heavy atom. The van der Waals surface area contributed by atoms with E-state index in [9.17, 15) is 5.11 Å². The van der Waals surface area contributed by atoms with Crippen LogP contribution in [0.25, 0.3) is 10.9 Å². The number of nitrogens with zero attached hydrogens (tertiary/aromatic N) is 1. The lowest BCUT2D eigenvalue weighted by molar-refractivity contribution is 0.457. The number of para-hydroxylation sites is 1. The number of benzene rings is 1. The summed E-state index contributed by atoms with van der Waals surface area (Å²) in [6.07, 6.45) is 0. The number of hydrogen-bond donors (Lipinski definition) is 3. The molecule has 0 spiro atoms. The van der Waals surface area contributed by atoms with E-state index >= 15 is 0 Å². The van der Waals surface area contributed by atoms with Crippen molar-refractivity contribution in [1.82, 2.24) is 10.2 Å². The van der Waals surface area contributed by atoms with Gasteiger partial charge in [-0.1, -0.05) is 6.07 Å². The Hall–Kier alpha value is -1.71. The molecule has 0 unspecified atom stereocenters. The third-order valence-electron chi connectivity index (χ3n) is 1.56. The van der Waals surface area contributed by atoms with Crippen molar-refractivity contribution in [3.8, 4) is 11.6 Å². The molecule has 4 nitrogen and oxygen atoms in total. The van der Waals surface area contributed by atoms with Gasteiger partial charge in [0.05, 0.1) is 5.39 Å². The van der Waals surface area contributed by atoms with Gasteiger partial charge in [-0.05, 0) is 12.1 Å². The van der Waals surface area contributed by atoms with Crippen molar-refractivity contribution in [3.05, 3.63) is 18.2 Å². The van der Waals surface area contributed by atoms with Crippen molar-refractivity contribution in [2.24, 2.45) is 0 Å². The number of hydrogen-bond acceptors (Lipinski definition) is 3. The Morgan fingerprint density at radius 3 is 2.82 bits per heavy atom. The first kappa shape index (κ1) is 6.03. The standard InChI is InChI=1S/C7H6N2O2/c10-5-3-1-2-4-6(5)8-9-7(4)11/h1-3,10H,(H2,8,9,11). The van der Waals surface area contributed by atoms with Gasteiger partial charge in [0.1, 0.15) is 11.3 Å². The summed E-state index contributed by atoms with van der Waals surface area (Å²) in [4.78, 5) is 0. The van der Waals surface area contributed by atoms with Crippen LogP contribution in [-0.4, -0.2) is 20.4 Å². The van der Waals surface area contributed by atoms with Crippen LogP contribution in [0.5, 0.6) is 11.6 Å². The van der Waals surface area contributed by atoms with Gasteiger partial charge < -0.3 is 10.2 Å². The summed E-state index contributed by atoms with van der Waals surface area (Å²) >= 11 is 0. The highest BCUT2D eigenvalue weighted by atomic mass is 16.3. The van der Waals surface area contributed by atoms with E-state index in [4.69, 9.17) is 5.11 Å². The van der Waals surface area contributed by atoms with Gasteiger partial charge in [-0.15, -0.1) is 5.10 Å². The minimum Gasteiger partial charge on any atom is -0.506 e. The molecule has 1 aromatic heterocycles. The Labute approximate surface area is 62.1 Å². The first-order valence-electron chi connectivity index (χ1n) is 3.14. The zero-order valence-corrected chi connectivity index (χ0v) is 5.57. The number of phenolic OH excluding ortho intramolecular Hbond substituents is 1. The fourth-order valence-electron chi connectivity index (χ4n) is 1.01. The molecular weight excluding hydrogens is 144 g/mol. The molecule has 0 bridgehead atoms. The summed E-state index contributed by atoms with van der Waals surface area (Å²) in [7, 11) is 0. The van der Waals surface area contributed by atoms with Crippen LogP contribution in [-0.2, 0) is 0 Å². The summed E-state index contributed by atoms with van der Waals surface area (Å²) in [5.41, 5.74) is 0.463. The first-order chi connectivity index (χ1) is 5.29. The number of fused-ring (bicyclic) bond motifs is 1. The average Bonchev–Trinajstić information content (AvgIpc) is 2.35. The number of rotatable bonds is 0. The highest BCUT2D eigenvalue weighted by Gasteiger charge is 2.05. The lowest BCUT2D eigenvalue weighted by atomic mass is 10.2.